The molecule has 0 unspecified atom stereocenters. The summed E-state index contributed by atoms with van der Waals surface area (Å²) in [6, 6.07) is 0. The van der Waals surface area contributed by atoms with Gasteiger partial charge in [0.05, 0.1) is 0 Å². The predicted molar refractivity (Wildman–Crippen MR) is 65.1 cm³/mol. The minimum atomic E-state index is 0.427. The fraction of sp³-hybridized carbons (Fsp3) is 1.00. The van der Waals surface area contributed by atoms with Crippen molar-refractivity contribution in [3.8, 4) is 0 Å². The van der Waals surface area contributed by atoms with Crippen molar-refractivity contribution in [3.63, 3.8) is 0 Å². The number of halogens is 1. The summed E-state index contributed by atoms with van der Waals surface area (Å²) in [7, 11) is 6.04. The Morgan fingerprint density at radius 1 is 1.07 bits per heavy atom. The number of nitrogens with one attached hydrogen (secondary N) is 4. The van der Waals surface area contributed by atoms with E-state index in [2.05, 4.69) is 35.6 Å². The number of nitrogens with zero attached hydrogens (tertiary/aromatic N) is 1. The van der Waals surface area contributed by atoms with Crippen LogP contribution in [0, 0.1) is 0 Å². The molecule has 7 heteroatoms. The molecule has 0 fully saturated rings. The molecule has 0 aliphatic rings. The van der Waals surface area contributed by atoms with E-state index in [4.69, 9.17) is 17.2 Å². The zero-order chi connectivity index (χ0) is 12.4. The maximum atomic E-state index is 6.75. The molecule has 0 radical (unpaired) electrons. The maximum Gasteiger partial charge on any atom is -0.00661 e. The summed E-state index contributed by atoms with van der Waals surface area (Å²) in [6.07, 6.45) is 0.903. The molecule has 97 valence electrons. The van der Waals surface area contributed by atoms with E-state index in [0.29, 0.717) is 26.2 Å². The Bertz CT molecular complexity index is 72.1. The van der Waals surface area contributed by atoms with E-state index in [1.54, 1.807) is 7.05 Å². The van der Waals surface area contributed by atoms with E-state index in [0.717, 1.165) is 19.5 Å². The molecule has 0 saturated heterocycles. The van der Waals surface area contributed by atoms with Gasteiger partial charge in [0.2, 0.25) is 0 Å². The van der Waals surface area contributed by atoms with Crippen molar-refractivity contribution in [1.82, 2.24) is 5.32 Å². The monoisotopic (exact) mass is 281 g/mol. The number of rotatable bonds is 7. The van der Waals surface area contributed by atoms with Crippen LogP contribution in [0.15, 0.2) is 0 Å². The van der Waals surface area contributed by atoms with Crippen molar-refractivity contribution in [2.45, 2.75) is 6.42 Å². The van der Waals surface area contributed by atoms with Crippen LogP contribution in [0.3, 0.4) is 0 Å². The van der Waals surface area contributed by atoms with E-state index in [-0.39, 0.29) is 0 Å². The molecule has 0 aromatic rings. The Hall–Kier alpha value is 0.596. The van der Waals surface area contributed by atoms with Crippen molar-refractivity contribution in [1.29, 1.82) is 0 Å². The van der Waals surface area contributed by atoms with Crippen LogP contribution < -0.4 is 5.32 Å². The fourth-order valence-corrected chi connectivity index (χ4v) is 0.539. The zero-order valence-corrected chi connectivity index (χ0v) is 10.9. The second-order valence-corrected chi connectivity index (χ2v) is 2.39. The zero-order valence-electron chi connectivity index (χ0n) is 9.11. The Kier molecular flexibility index (Phi) is 40.9. The van der Waals surface area contributed by atoms with Gasteiger partial charge in [0, 0.05) is 0 Å². The topological polar surface area (TPSA) is 97.5 Å². The van der Waals surface area contributed by atoms with E-state index < -0.39 is 0 Å². The smallest absolute Gasteiger partial charge is 0.00661 e. The molecule has 0 saturated carbocycles. The van der Waals surface area contributed by atoms with Gasteiger partial charge in [0.25, 0.3) is 0 Å². The summed E-state index contributed by atoms with van der Waals surface area (Å²) in [5, 5.41) is 6.70. The molecule has 0 aliphatic heterocycles. The van der Waals surface area contributed by atoms with Gasteiger partial charge in [0.15, 0.2) is 0 Å². The van der Waals surface area contributed by atoms with Gasteiger partial charge in [-0.1, -0.05) is 6.42 Å². The van der Waals surface area contributed by atoms with E-state index in [1.807, 2.05) is 0 Å². The van der Waals surface area contributed by atoms with Gasteiger partial charge >= 0.3 is 25.0 Å². The summed E-state index contributed by atoms with van der Waals surface area (Å²) >= 11 is 3.03. The molecule has 0 aromatic carbocycles. The SMILES string of the molecule is C[N-]CC[NH-].[Cl][Co+].[NH-]CCCNCC[NH-]. The summed E-state index contributed by atoms with van der Waals surface area (Å²) in [6.45, 7) is 3.70. The van der Waals surface area contributed by atoms with Crippen LogP contribution in [0.25, 0.3) is 22.5 Å². The van der Waals surface area contributed by atoms with E-state index in [9.17, 15) is 0 Å². The normalized spacial score (nSPS) is 8.40. The van der Waals surface area contributed by atoms with Gasteiger partial charge in [-0.15, -0.1) is 13.1 Å². The summed E-state index contributed by atoms with van der Waals surface area (Å²) < 4.78 is 0. The molecule has 0 heterocycles. The fourth-order valence-electron chi connectivity index (χ4n) is 0.539. The Morgan fingerprint density at radius 2 is 1.67 bits per heavy atom. The van der Waals surface area contributed by atoms with Crippen LogP contribution in [0.1, 0.15) is 6.42 Å². The molecule has 0 rings (SSSR count). The van der Waals surface area contributed by atoms with Crippen LogP contribution in [-0.4, -0.2) is 46.3 Å². The largest absolute Gasteiger partial charge is 0.677 e. The van der Waals surface area contributed by atoms with Crippen LogP contribution in [0.4, 0.5) is 0 Å². The quantitative estimate of drug-likeness (QED) is 0.713. The summed E-state index contributed by atoms with van der Waals surface area (Å²) in [5.41, 5.74) is 20.0. The number of hydrogen-bond acceptors (Lipinski definition) is 1. The first-order valence-corrected chi connectivity index (χ1v) is 6.09. The minimum Gasteiger partial charge on any atom is -0.677 e. The van der Waals surface area contributed by atoms with Crippen LogP contribution in [0.2, 0.25) is 0 Å². The van der Waals surface area contributed by atoms with Crippen molar-refractivity contribution < 1.29 is 14.8 Å². The number of hydrogen-bond donors (Lipinski definition) is 1. The van der Waals surface area contributed by atoms with Gasteiger partial charge < -0.3 is 27.8 Å². The van der Waals surface area contributed by atoms with Crippen molar-refractivity contribution in [2.24, 2.45) is 0 Å². The molecule has 0 aromatic heterocycles. The third-order valence-corrected chi connectivity index (χ3v) is 1.17. The van der Waals surface area contributed by atoms with Gasteiger partial charge in [-0.3, -0.25) is 0 Å². The molecular formula is C8H21ClCoN5-3. The third-order valence-electron chi connectivity index (χ3n) is 1.17. The van der Waals surface area contributed by atoms with Crippen LogP contribution in [-0.2, 0) is 14.8 Å². The van der Waals surface area contributed by atoms with Gasteiger partial charge in [-0.05, 0) is 13.1 Å². The van der Waals surface area contributed by atoms with Crippen LogP contribution in [0.5, 0.6) is 0 Å². The summed E-state index contributed by atoms with van der Waals surface area (Å²) in [4.78, 5) is 0. The van der Waals surface area contributed by atoms with E-state index >= 15 is 0 Å². The Balaban J connectivity index is -0.000000177. The predicted octanol–water partition coefficient (Wildman–Crippen LogP) is 2.80. The molecule has 0 atom stereocenters. The minimum absolute atomic E-state index is 0.427. The Labute approximate surface area is 106 Å². The second-order valence-electron chi connectivity index (χ2n) is 2.39. The first-order chi connectivity index (χ1) is 7.33. The molecule has 4 N–H and O–H groups in total. The average Bonchev–Trinajstić information content (AvgIpc) is 2.29. The van der Waals surface area contributed by atoms with Crippen molar-refractivity contribution in [3.05, 3.63) is 22.5 Å². The first kappa shape index (κ1) is 20.9. The molecule has 5 nitrogen and oxygen atoms in total. The maximum absolute atomic E-state index is 6.75. The molecule has 0 bridgehead atoms. The van der Waals surface area contributed by atoms with E-state index in [1.165, 1.54) is 0 Å². The third kappa shape index (κ3) is 40.1. The van der Waals surface area contributed by atoms with Gasteiger partial charge in [-0.25, -0.2) is 0 Å². The molecule has 0 amide bonds. The molecular weight excluding hydrogens is 261 g/mol. The summed E-state index contributed by atoms with van der Waals surface area (Å²) in [5.74, 6) is 0. The number of likely N-dealkylation sites (N-methyl/N-ethyl adjacent to an activating group) is 1. The standard InChI is InChI=1S/C5H13N3.C3H8N2.ClH.Co/c6-2-1-4-8-5-3-7;1-5-3-2-4;;/h6-8H,1-5H2;4H,2-3H2,1H3;1H;/q2*-2;;+2/p-1. The van der Waals surface area contributed by atoms with Crippen molar-refractivity contribution >= 4 is 10.1 Å². The van der Waals surface area contributed by atoms with Gasteiger partial charge in [0.1, 0.15) is 0 Å². The first-order valence-electron chi connectivity index (χ1n) is 4.66. The van der Waals surface area contributed by atoms with Crippen molar-refractivity contribution in [2.75, 3.05) is 46.3 Å². The molecule has 15 heavy (non-hydrogen) atoms. The average molecular weight is 282 g/mol. The Morgan fingerprint density at radius 3 is 1.93 bits per heavy atom. The molecule has 0 aliphatic carbocycles. The second kappa shape index (κ2) is 29.3. The molecule has 0 spiro atoms. The van der Waals surface area contributed by atoms with Crippen LogP contribution >= 0.6 is 10.1 Å². The van der Waals surface area contributed by atoms with Gasteiger partial charge in [-0.2, -0.15) is 20.1 Å².